The van der Waals surface area contributed by atoms with Crippen LogP contribution in [0, 0.1) is 0 Å². The van der Waals surface area contributed by atoms with Gasteiger partial charge in [0.05, 0.1) is 0 Å². The lowest BCUT2D eigenvalue weighted by Crippen LogP contribution is -2.35. The van der Waals surface area contributed by atoms with E-state index in [2.05, 4.69) is 36.4 Å². The van der Waals surface area contributed by atoms with Crippen LogP contribution in [0.3, 0.4) is 0 Å². The number of hydrogen-bond donors (Lipinski definition) is 0. The van der Waals surface area contributed by atoms with Crippen LogP contribution in [0.4, 0.5) is 0 Å². The Morgan fingerprint density at radius 1 is 0.684 bits per heavy atom. The molecular formula is C27H48O6P2Si3. The van der Waals surface area contributed by atoms with Gasteiger partial charge in [0.25, 0.3) is 0 Å². The normalized spacial score (nSPS) is 15.7. The fourth-order valence-electron chi connectivity index (χ4n) is 4.27. The molecule has 0 fully saturated rings. The second kappa shape index (κ2) is 13.4. The van der Waals surface area contributed by atoms with Crippen LogP contribution in [0.1, 0.15) is 18.4 Å². The standard InChI is InChI=1S/C27H48O6P2Si3/c1-30-23-34(28,31-36(2,3)4)27(35(29,32-37(5,6)7)33-38(8,9)10)18-14-15-24-19-21-26(22-20-24)25-16-12-11-13-17-25/h11-13,16-17,19-22,27H,14-15,18,23H2,1-10H3. The highest BCUT2D eigenvalue weighted by molar-refractivity contribution is 7.76. The van der Waals surface area contributed by atoms with Crippen molar-refractivity contribution in [1.82, 2.24) is 0 Å². The predicted octanol–water partition coefficient (Wildman–Crippen LogP) is 9.63. The third-order valence-electron chi connectivity index (χ3n) is 5.35. The Morgan fingerprint density at radius 3 is 1.61 bits per heavy atom. The molecule has 6 nitrogen and oxygen atoms in total. The molecule has 2 rings (SSSR count). The van der Waals surface area contributed by atoms with E-state index in [1.807, 2.05) is 77.1 Å². The molecule has 0 spiro atoms. The Bertz CT molecular complexity index is 1090. The molecule has 0 saturated carbocycles. The molecule has 0 aliphatic heterocycles. The molecule has 2 aromatic carbocycles. The van der Waals surface area contributed by atoms with Crippen molar-refractivity contribution in [3.05, 3.63) is 60.2 Å². The second-order valence-corrected chi connectivity index (χ2v) is 32.0. The van der Waals surface area contributed by atoms with Gasteiger partial charge in [0.1, 0.15) is 11.7 Å². The highest BCUT2D eigenvalue weighted by Gasteiger charge is 2.53. The minimum Gasteiger partial charge on any atom is -0.375 e. The van der Waals surface area contributed by atoms with Crippen LogP contribution < -0.4 is 0 Å². The van der Waals surface area contributed by atoms with Crippen molar-refractivity contribution in [2.75, 3.05) is 13.5 Å². The van der Waals surface area contributed by atoms with Crippen LogP contribution in [0.2, 0.25) is 58.9 Å². The summed E-state index contributed by atoms with van der Waals surface area (Å²) in [5.74, 6) is 0. The van der Waals surface area contributed by atoms with Crippen molar-refractivity contribution >= 4 is 39.9 Å². The van der Waals surface area contributed by atoms with Crippen LogP contribution >= 0.6 is 15.0 Å². The maximum Gasteiger partial charge on any atom is 0.324 e. The van der Waals surface area contributed by atoms with Crippen molar-refractivity contribution < 1.29 is 26.5 Å². The number of rotatable bonds is 15. The summed E-state index contributed by atoms with van der Waals surface area (Å²) in [5, 5.41) is -0.872. The molecule has 214 valence electrons. The molecule has 0 heterocycles. The van der Waals surface area contributed by atoms with Gasteiger partial charge in [-0.05, 0) is 94.9 Å². The lowest BCUT2D eigenvalue weighted by Gasteiger charge is -2.40. The highest BCUT2D eigenvalue weighted by atomic mass is 31.2. The fraction of sp³-hybridized carbons (Fsp3) is 0.556. The van der Waals surface area contributed by atoms with E-state index in [1.165, 1.54) is 18.2 Å². The van der Waals surface area contributed by atoms with Crippen molar-refractivity contribution in [3.8, 4) is 11.1 Å². The second-order valence-electron chi connectivity index (χ2n) is 12.7. The van der Waals surface area contributed by atoms with E-state index in [9.17, 15) is 9.13 Å². The lowest BCUT2D eigenvalue weighted by atomic mass is 10.0. The summed E-state index contributed by atoms with van der Waals surface area (Å²) >= 11 is 0. The maximum atomic E-state index is 14.7. The number of aryl methyl sites for hydroxylation is 1. The molecule has 0 N–H and O–H groups in total. The topological polar surface area (TPSA) is 71.1 Å². The summed E-state index contributed by atoms with van der Waals surface area (Å²) < 4.78 is 53.8. The molecule has 0 aliphatic rings. The van der Waals surface area contributed by atoms with Crippen molar-refractivity contribution in [1.29, 1.82) is 0 Å². The van der Waals surface area contributed by atoms with Gasteiger partial charge in [0.15, 0.2) is 25.0 Å². The van der Waals surface area contributed by atoms with Gasteiger partial charge in [0, 0.05) is 7.11 Å². The summed E-state index contributed by atoms with van der Waals surface area (Å²) in [7, 11) is -12.8. The van der Waals surface area contributed by atoms with Gasteiger partial charge in [-0.2, -0.15) is 0 Å². The lowest BCUT2D eigenvalue weighted by molar-refractivity contribution is 0.236. The van der Waals surface area contributed by atoms with Crippen LogP contribution in [0.25, 0.3) is 11.1 Å². The monoisotopic (exact) mass is 614 g/mol. The summed E-state index contributed by atoms with van der Waals surface area (Å²) in [4.78, 5) is 0. The molecule has 0 aliphatic carbocycles. The number of benzene rings is 2. The van der Waals surface area contributed by atoms with Gasteiger partial charge in [-0.3, -0.25) is 9.13 Å². The Labute approximate surface area is 234 Å². The molecule has 11 heteroatoms. The first kappa shape index (κ1) is 33.6. The Balaban J connectivity index is 2.40. The van der Waals surface area contributed by atoms with Gasteiger partial charge in [-0.1, -0.05) is 54.6 Å². The third kappa shape index (κ3) is 11.1. The SMILES string of the molecule is COCP(=O)(O[Si](C)(C)C)C(CCCc1ccc(-c2ccccc2)cc1)P(=O)(O[Si](C)(C)C)O[Si](C)(C)C. The highest BCUT2D eigenvalue weighted by Crippen LogP contribution is 2.73. The minimum absolute atomic E-state index is 0.109. The zero-order valence-electron chi connectivity index (χ0n) is 24.9. The van der Waals surface area contributed by atoms with E-state index in [4.69, 9.17) is 17.4 Å². The van der Waals surface area contributed by atoms with E-state index in [-0.39, 0.29) is 6.35 Å². The van der Waals surface area contributed by atoms with Crippen LogP contribution in [-0.2, 0) is 32.9 Å². The summed E-state index contributed by atoms with van der Waals surface area (Å²) in [6.45, 7) is 17.9. The first-order chi connectivity index (χ1) is 17.4. The molecule has 38 heavy (non-hydrogen) atoms. The van der Waals surface area contributed by atoms with Crippen LogP contribution in [0.15, 0.2) is 54.6 Å². The van der Waals surface area contributed by atoms with Gasteiger partial charge in [0.2, 0.25) is 7.37 Å². The smallest absolute Gasteiger partial charge is 0.324 e. The van der Waals surface area contributed by atoms with E-state index < -0.39 is 45.3 Å². The first-order valence-corrected chi connectivity index (χ1v) is 27.0. The first-order valence-electron chi connectivity index (χ1n) is 13.3. The quantitative estimate of drug-likeness (QED) is 0.147. The van der Waals surface area contributed by atoms with Gasteiger partial charge >= 0.3 is 7.60 Å². The summed E-state index contributed by atoms with van der Waals surface area (Å²) in [6, 6.07) is 18.8. The average molecular weight is 615 g/mol. The molecule has 0 bridgehead atoms. The van der Waals surface area contributed by atoms with Crippen molar-refractivity contribution in [3.63, 3.8) is 0 Å². The average Bonchev–Trinajstić information content (AvgIpc) is 2.73. The Kier molecular flexibility index (Phi) is 11.8. The fourth-order valence-corrected chi connectivity index (χ4v) is 21.0. The van der Waals surface area contributed by atoms with Gasteiger partial charge in [-0.25, -0.2) is 0 Å². The largest absolute Gasteiger partial charge is 0.375 e. The van der Waals surface area contributed by atoms with Gasteiger partial charge in [-0.15, -0.1) is 0 Å². The van der Waals surface area contributed by atoms with E-state index in [0.717, 1.165) is 12.0 Å². The zero-order valence-corrected chi connectivity index (χ0v) is 29.7. The molecule has 0 amide bonds. The maximum absolute atomic E-state index is 14.7. The van der Waals surface area contributed by atoms with Crippen molar-refractivity contribution in [2.24, 2.45) is 0 Å². The van der Waals surface area contributed by atoms with E-state index in [0.29, 0.717) is 12.8 Å². The Hall–Kier alpha value is -0.609. The summed E-state index contributed by atoms with van der Waals surface area (Å²) in [6.07, 6.45) is 1.72. The third-order valence-corrected chi connectivity index (χ3v) is 19.9. The summed E-state index contributed by atoms with van der Waals surface area (Å²) in [5.41, 5.74) is 3.51. The number of hydrogen-bond acceptors (Lipinski definition) is 6. The number of methoxy groups -OCH3 is 1. The molecule has 2 aromatic rings. The molecule has 2 unspecified atom stereocenters. The molecule has 2 atom stereocenters. The van der Waals surface area contributed by atoms with E-state index in [1.54, 1.807) is 0 Å². The predicted molar refractivity (Wildman–Crippen MR) is 169 cm³/mol. The van der Waals surface area contributed by atoms with Gasteiger partial charge < -0.3 is 17.4 Å². The molecular weight excluding hydrogens is 566 g/mol. The molecule has 0 aromatic heterocycles. The Morgan fingerprint density at radius 2 is 1.16 bits per heavy atom. The van der Waals surface area contributed by atoms with Crippen molar-refractivity contribution in [2.45, 2.75) is 83.6 Å². The molecule has 0 radical (unpaired) electrons. The zero-order chi connectivity index (χ0) is 28.8. The van der Waals surface area contributed by atoms with E-state index >= 15 is 0 Å². The van der Waals surface area contributed by atoms with Crippen LogP contribution in [-0.4, -0.2) is 43.8 Å². The minimum atomic E-state index is -3.80. The number of ether oxygens (including phenoxy) is 1. The molecule has 0 saturated heterocycles. The van der Waals surface area contributed by atoms with Crippen LogP contribution in [0.5, 0.6) is 0 Å².